The molecule has 0 amide bonds. The van der Waals surface area contributed by atoms with Gasteiger partial charge in [0.15, 0.2) is 0 Å². The van der Waals surface area contributed by atoms with Crippen LogP contribution in [0, 0.1) is 0 Å². The van der Waals surface area contributed by atoms with Gasteiger partial charge in [0.05, 0.1) is 6.10 Å². The number of benzene rings is 1. The fraction of sp³-hybridized carbons (Fsp3) is 0.333. The summed E-state index contributed by atoms with van der Waals surface area (Å²) in [5.74, 6) is 0. The molecule has 1 aromatic carbocycles. The van der Waals surface area contributed by atoms with Gasteiger partial charge in [-0.05, 0) is 41.1 Å². The molecule has 2 aromatic rings. The molecule has 1 aromatic heterocycles. The van der Waals surface area contributed by atoms with E-state index in [1.807, 2.05) is 35.6 Å². The highest BCUT2D eigenvalue weighted by molar-refractivity contribution is 7.10. The third kappa shape index (κ3) is 3.54. The molecule has 1 atom stereocenters. The molecular weight excluding hydrogens is 313 g/mol. The molecule has 1 aliphatic rings. The van der Waals surface area contributed by atoms with E-state index < -0.39 is 6.10 Å². The van der Waals surface area contributed by atoms with Gasteiger partial charge in [0.1, 0.15) is 0 Å². The molecule has 1 aliphatic heterocycles. The minimum atomic E-state index is -0.447. The second-order valence-corrected chi connectivity index (χ2v) is 6.36. The minimum Gasteiger partial charge on any atom is -0.387 e. The number of aliphatic hydroxyl groups excluding tert-OH is 1. The van der Waals surface area contributed by atoms with E-state index in [2.05, 4.69) is 16.3 Å². The molecule has 0 saturated heterocycles. The number of aliphatic hydroxyl groups is 1. The summed E-state index contributed by atoms with van der Waals surface area (Å²) in [5.41, 5.74) is 2.35. The van der Waals surface area contributed by atoms with Crippen LogP contribution >= 0.6 is 35.3 Å². The number of thiophene rings is 1. The summed E-state index contributed by atoms with van der Waals surface area (Å²) < 4.78 is 0. The van der Waals surface area contributed by atoms with Crippen molar-refractivity contribution in [2.24, 2.45) is 0 Å². The standard InChI is InChI=1S/C15H16ClNOS.ClH/c16-13-3-1-11(2-4-13)14(18)10-17-7-5-15-12(9-17)6-8-19-15;/h1-4,6,8,14,18H,5,7,9-10H2;1H. The molecule has 0 radical (unpaired) electrons. The van der Waals surface area contributed by atoms with Crippen LogP contribution in [0.1, 0.15) is 22.1 Å². The predicted octanol–water partition coefficient (Wildman–Crippen LogP) is 3.92. The van der Waals surface area contributed by atoms with E-state index in [0.29, 0.717) is 11.6 Å². The Bertz CT molecular complexity index is 555. The van der Waals surface area contributed by atoms with Gasteiger partial charge in [0.25, 0.3) is 0 Å². The molecule has 1 unspecified atom stereocenters. The summed E-state index contributed by atoms with van der Waals surface area (Å²) in [6.07, 6.45) is 0.651. The van der Waals surface area contributed by atoms with Crippen LogP contribution in [0.2, 0.25) is 5.02 Å². The fourth-order valence-electron chi connectivity index (χ4n) is 2.50. The second-order valence-electron chi connectivity index (χ2n) is 4.92. The zero-order valence-corrected chi connectivity index (χ0v) is 13.3. The van der Waals surface area contributed by atoms with Crippen molar-refractivity contribution in [1.29, 1.82) is 0 Å². The Balaban J connectivity index is 0.00000147. The summed E-state index contributed by atoms with van der Waals surface area (Å²) in [5, 5.41) is 13.1. The minimum absolute atomic E-state index is 0. The van der Waals surface area contributed by atoms with E-state index >= 15 is 0 Å². The van der Waals surface area contributed by atoms with Crippen molar-refractivity contribution in [3.63, 3.8) is 0 Å². The normalized spacial score (nSPS) is 16.3. The van der Waals surface area contributed by atoms with Gasteiger partial charge in [-0.3, -0.25) is 4.90 Å². The Labute approximate surface area is 134 Å². The van der Waals surface area contributed by atoms with Crippen molar-refractivity contribution in [3.05, 3.63) is 56.7 Å². The Morgan fingerprint density at radius 2 is 2.00 bits per heavy atom. The third-order valence-corrected chi connectivity index (χ3v) is 4.85. The number of β-amino-alcohol motifs (C(OH)–C–C–N with tert-alkyl or cyclic N) is 1. The van der Waals surface area contributed by atoms with Gasteiger partial charge < -0.3 is 5.11 Å². The number of hydrogen-bond acceptors (Lipinski definition) is 3. The summed E-state index contributed by atoms with van der Waals surface area (Å²) in [7, 11) is 0. The SMILES string of the molecule is Cl.OC(CN1CCc2sccc2C1)c1ccc(Cl)cc1. The largest absolute Gasteiger partial charge is 0.387 e. The van der Waals surface area contributed by atoms with Crippen molar-refractivity contribution < 1.29 is 5.11 Å². The molecule has 3 rings (SSSR count). The quantitative estimate of drug-likeness (QED) is 0.922. The van der Waals surface area contributed by atoms with Crippen LogP contribution in [-0.2, 0) is 13.0 Å². The summed E-state index contributed by atoms with van der Waals surface area (Å²) >= 11 is 7.70. The molecule has 0 aliphatic carbocycles. The van der Waals surface area contributed by atoms with E-state index in [4.69, 9.17) is 11.6 Å². The molecule has 2 nitrogen and oxygen atoms in total. The molecule has 0 fully saturated rings. The molecule has 2 heterocycles. The lowest BCUT2D eigenvalue weighted by Crippen LogP contribution is -2.33. The van der Waals surface area contributed by atoms with E-state index in [9.17, 15) is 5.11 Å². The van der Waals surface area contributed by atoms with Gasteiger partial charge in [-0.1, -0.05) is 23.7 Å². The first-order valence-electron chi connectivity index (χ1n) is 6.43. The molecule has 108 valence electrons. The maximum absolute atomic E-state index is 10.3. The maximum atomic E-state index is 10.3. The smallest absolute Gasteiger partial charge is 0.0917 e. The highest BCUT2D eigenvalue weighted by Crippen LogP contribution is 2.25. The molecular formula is C15H17Cl2NOS. The maximum Gasteiger partial charge on any atom is 0.0917 e. The van der Waals surface area contributed by atoms with E-state index in [-0.39, 0.29) is 12.4 Å². The molecule has 0 bridgehead atoms. The van der Waals surface area contributed by atoms with Crippen LogP contribution < -0.4 is 0 Å². The predicted molar refractivity (Wildman–Crippen MR) is 87.0 cm³/mol. The zero-order chi connectivity index (χ0) is 13.2. The first-order chi connectivity index (χ1) is 9.22. The van der Waals surface area contributed by atoms with Crippen molar-refractivity contribution in [2.45, 2.75) is 19.1 Å². The van der Waals surface area contributed by atoms with E-state index in [0.717, 1.165) is 25.1 Å². The first-order valence-corrected chi connectivity index (χ1v) is 7.69. The summed E-state index contributed by atoms with van der Waals surface area (Å²) in [4.78, 5) is 3.81. The average molecular weight is 330 g/mol. The van der Waals surface area contributed by atoms with Crippen LogP contribution in [0.15, 0.2) is 35.7 Å². The van der Waals surface area contributed by atoms with Gasteiger partial charge in [0.2, 0.25) is 0 Å². The van der Waals surface area contributed by atoms with Gasteiger partial charge in [0, 0.05) is 29.5 Å². The fourth-order valence-corrected chi connectivity index (χ4v) is 3.51. The Kier molecular flexibility index (Phi) is 5.47. The van der Waals surface area contributed by atoms with Crippen molar-refractivity contribution >= 4 is 35.3 Å². The third-order valence-electron chi connectivity index (χ3n) is 3.57. The van der Waals surface area contributed by atoms with Crippen LogP contribution in [0.3, 0.4) is 0 Å². The zero-order valence-electron chi connectivity index (χ0n) is 11.0. The van der Waals surface area contributed by atoms with Gasteiger partial charge in [-0.15, -0.1) is 23.7 Å². The highest BCUT2D eigenvalue weighted by Gasteiger charge is 2.20. The Morgan fingerprint density at radius 3 is 2.75 bits per heavy atom. The Morgan fingerprint density at radius 1 is 1.25 bits per heavy atom. The van der Waals surface area contributed by atoms with Crippen LogP contribution in [0.4, 0.5) is 0 Å². The number of fused-ring (bicyclic) bond motifs is 1. The lowest BCUT2D eigenvalue weighted by Gasteiger charge is -2.28. The lowest BCUT2D eigenvalue weighted by molar-refractivity contribution is 0.106. The van der Waals surface area contributed by atoms with Crippen molar-refractivity contribution in [2.75, 3.05) is 13.1 Å². The van der Waals surface area contributed by atoms with Crippen LogP contribution in [0.25, 0.3) is 0 Å². The number of hydrogen-bond donors (Lipinski definition) is 1. The number of nitrogens with zero attached hydrogens (tertiary/aromatic N) is 1. The van der Waals surface area contributed by atoms with Crippen molar-refractivity contribution in [3.8, 4) is 0 Å². The highest BCUT2D eigenvalue weighted by atomic mass is 35.5. The molecule has 20 heavy (non-hydrogen) atoms. The van der Waals surface area contributed by atoms with Gasteiger partial charge in [-0.25, -0.2) is 0 Å². The topological polar surface area (TPSA) is 23.5 Å². The molecule has 1 N–H and O–H groups in total. The lowest BCUT2D eigenvalue weighted by atomic mass is 10.1. The summed E-state index contributed by atoms with van der Waals surface area (Å²) in [6, 6.07) is 9.64. The molecule has 0 spiro atoms. The first kappa shape index (κ1) is 15.8. The van der Waals surface area contributed by atoms with E-state index in [1.54, 1.807) is 0 Å². The molecule has 0 saturated carbocycles. The average Bonchev–Trinajstić information content (AvgIpc) is 2.87. The number of halogens is 2. The van der Waals surface area contributed by atoms with Gasteiger partial charge >= 0.3 is 0 Å². The van der Waals surface area contributed by atoms with Crippen LogP contribution in [0.5, 0.6) is 0 Å². The van der Waals surface area contributed by atoms with Gasteiger partial charge in [-0.2, -0.15) is 0 Å². The Hall–Kier alpha value is -0.580. The van der Waals surface area contributed by atoms with Crippen molar-refractivity contribution in [1.82, 2.24) is 4.90 Å². The monoisotopic (exact) mass is 329 g/mol. The second kappa shape index (κ2) is 6.92. The number of rotatable bonds is 3. The summed E-state index contributed by atoms with van der Waals surface area (Å²) in [6.45, 7) is 2.65. The van der Waals surface area contributed by atoms with Crippen LogP contribution in [-0.4, -0.2) is 23.1 Å². The molecule has 5 heteroatoms. The van der Waals surface area contributed by atoms with E-state index in [1.165, 1.54) is 10.4 Å².